The van der Waals surface area contributed by atoms with E-state index in [1.54, 1.807) is 0 Å². The molecule has 0 radical (unpaired) electrons. The van der Waals surface area contributed by atoms with Crippen molar-refractivity contribution in [3.63, 3.8) is 0 Å². The van der Waals surface area contributed by atoms with Crippen LogP contribution in [0.4, 0.5) is 0 Å². The van der Waals surface area contributed by atoms with Gasteiger partial charge in [0.1, 0.15) is 6.04 Å². The van der Waals surface area contributed by atoms with E-state index in [0.29, 0.717) is 0 Å². The second-order valence-electron chi connectivity index (χ2n) is 2.05. The Labute approximate surface area is 62.2 Å². The van der Waals surface area contributed by atoms with Crippen LogP contribution in [0.5, 0.6) is 0 Å². The van der Waals surface area contributed by atoms with Crippen LogP contribution in [0, 0.1) is 0 Å². The van der Waals surface area contributed by atoms with Gasteiger partial charge in [0.15, 0.2) is 16.3 Å². The van der Waals surface area contributed by atoms with Crippen LogP contribution in [0.25, 0.3) is 0 Å². The second kappa shape index (κ2) is 3.17. The summed E-state index contributed by atoms with van der Waals surface area (Å²) in [5.41, 5.74) is 0. The van der Waals surface area contributed by atoms with Gasteiger partial charge in [0.2, 0.25) is 0 Å². The number of halogens is 1. The van der Waals surface area contributed by atoms with Gasteiger partial charge >= 0.3 is 5.97 Å². The normalized spacial score (nSPS) is 26.1. The molecule has 0 bridgehead atoms. The Kier molecular flexibility index (Phi) is 2.48. The van der Waals surface area contributed by atoms with E-state index in [2.05, 4.69) is 25.4 Å². The monoisotopic (exact) mass is 193 g/mol. The Morgan fingerprint density at radius 2 is 2.56 bits per heavy atom. The summed E-state index contributed by atoms with van der Waals surface area (Å²) >= 11 is 2.64. The van der Waals surface area contributed by atoms with Crippen LogP contribution in [-0.2, 0) is 8.62 Å². The zero-order valence-corrected chi connectivity index (χ0v) is 6.48. The number of rotatable bonds is 1. The summed E-state index contributed by atoms with van der Waals surface area (Å²) < 4.78 is 4.35. The number of hydrogen-bond acceptors (Lipinski definition) is 3. The van der Waals surface area contributed by atoms with Crippen LogP contribution in [0.15, 0.2) is 0 Å². The number of nitrogens with one attached hydrogen (secondary N) is 1. The maximum atomic E-state index is 10.7. The second-order valence-corrected chi connectivity index (χ2v) is 2.37. The summed E-state index contributed by atoms with van der Waals surface area (Å²) in [5.74, 6) is -0.215. The molecule has 0 aromatic carbocycles. The van der Waals surface area contributed by atoms with Gasteiger partial charge < -0.3 is 9.15 Å². The highest BCUT2D eigenvalue weighted by molar-refractivity contribution is 9.06. The van der Waals surface area contributed by atoms with Gasteiger partial charge in [-0.1, -0.05) is 0 Å². The van der Waals surface area contributed by atoms with Crippen molar-refractivity contribution in [2.45, 2.75) is 18.9 Å². The molecule has 0 aromatic rings. The molecule has 1 heterocycles. The smallest absolute Gasteiger partial charge is 0.334 e. The molecule has 3 nitrogen and oxygen atoms in total. The predicted molar refractivity (Wildman–Crippen MR) is 36.0 cm³/mol. The van der Waals surface area contributed by atoms with Crippen molar-refractivity contribution >= 4 is 22.2 Å². The molecular formula is C5H8BrNO2. The fourth-order valence-electron chi connectivity index (χ4n) is 0.939. The van der Waals surface area contributed by atoms with Gasteiger partial charge in [0.25, 0.3) is 0 Å². The quantitative estimate of drug-likeness (QED) is 0.663. The molecule has 0 amide bonds. The minimum atomic E-state index is -0.215. The molecule has 0 aliphatic carbocycles. The van der Waals surface area contributed by atoms with E-state index in [1.165, 1.54) is 0 Å². The predicted octanol–water partition coefficient (Wildman–Crippen LogP) is 0.591. The minimum absolute atomic E-state index is 0.0793. The number of carbonyl (C=O) groups is 1. The van der Waals surface area contributed by atoms with Crippen molar-refractivity contribution in [1.82, 2.24) is 5.32 Å². The van der Waals surface area contributed by atoms with Crippen LogP contribution in [0.2, 0.25) is 0 Å². The van der Waals surface area contributed by atoms with Crippen LogP contribution < -0.4 is 5.32 Å². The number of carbonyl (C=O) groups excluding carboxylic acids is 1. The van der Waals surface area contributed by atoms with Crippen LogP contribution in [0.1, 0.15) is 12.8 Å². The molecule has 0 saturated carbocycles. The van der Waals surface area contributed by atoms with Gasteiger partial charge in [0.05, 0.1) is 0 Å². The fraction of sp³-hybridized carbons (Fsp3) is 0.800. The highest BCUT2D eigenvalue weighted by atomic mass is 79.9. The van der Waals surface area contributed by atoms with Gasteiger partial charge in [-0.2, -0.15) is 0 Å². The van der Waals surface area contributed by atoms with E-state index in [9.17, 15) is 4.79 Å². The largest absolute Gasteiger partial charge is 0.382 e. The maximum absolute atomic E-state index is 10.7. The topological polar surface area (TPSA) is 38.3 Å². The van der Waals surface area contributed by atoms with E-state index < -0.39 is 0 Å². The summed E-state index contributed by atoms with van der Waals surface area (Å²) in [4.78, 5) is 10.7. The summed E-state index contributed by atoms with van der Waals surface area (Å²) in [6.07, 6.45) is 1.96. The SMILES string of the molecule is O=C(OBr)[C@@H]1CCCN1. The molecule has 1 fully saturated rings. The zero-order chi connectivity index (χ0) is 6.69. The third kappa shape index (κ3) is 1.66. The fourth-order valence-corrected chi connectivity index (χ4v) is 1.17. The van der Waals surface area contributed by atoms with Gasteiger partial charge in [-0.05, 0) is 19.4 Å². The molecular weight excluding hydrogens is 186 g/mol. The van der Waals surface area contributed by atoms with E-state index in [0.717, 1.165) is 19.4 Å². The summed E-state index contributed by atoms with van der Waals surface area (Å²) in [6.45, 7) is 0.923. The average molecular weight is 194 g/mol. The summed E-state index contributed by atoms with van der Waals surface area (Å²) in [6, 6.07) is -0.0793. The number of hydrogen-bond donors (Lipinski definition) is 1. The van der Waals surface area contributed by atoms with E-state index in [-0.39, 0.29) is 12.0 Å². The Morgan fingerprint density at radius 1 is 1.78 bits per heavy atom. The van der Waals surface area contributed by atoms with Gasteiger partial charge in [-0.3, -0.25) is 0 Å². The van der Waals surface area contributed by atoms with Crippen molar-refractivity contribution in [1.29, 1.82) is 0 Å². The molecule has 1 aliphatic heterocycles. The lowest BCUT2D eigenvalue weighted by Crippen LogP contribution is -2.30. The van der Waals surface area contributed by atoms with Crippen molar-refractivity contribution in [3.05, 3.63) is 0 Å². The molecule has 0 spiro atoms. The highest BCUT2D eigenvalue weighted by Crippen LogP contribution is 2.07. The highest BCUT2D eigenvalue weighted by Gasteiger charge is 2.22. The van der Waals surface area contributed by atoms with Gasteiger partial charge in [-0.15, -0.1) is 0 Å². The molecule has 0 aromatic heterocycles. The first-order valence-electron chi connectivity index (χ1n) is 2.90. The molecule has 0 unspecified atom stereocenters. The Morgan fingerprint density at radius 3 is 3.00 bits per heavy atom. The first-order valence-corrected chi connectivity index (χ1v) is 3.55. The lowest BCUT2D eigenvalue weighted by molar-refractivity contribution is -0.134. The van der Waals surface area contributed by atoms with Crippen molar-refractivity contribution < 1.29 is 8.62 Å². The Balaban J connectivity index is 2.32. The molecule has 1 rings (SSSR count). The van der Waals surface area contributed by atoms with Gasteiger partial charge in [-0.25, -0.2) is 4.79 Å². The lowest BCUT2D eigenvalue weighted by atomic mass is 10.2. The molecule has 1 saturated heterocycles. The molecule has 9 heavy (non-hydrogen) atoms. The molecule has 1 N–H and O–H groups in total. The lowest BCUT2D eigenvalue weighted by Gasteiger charge is -2.03. The third-order valence-corrected chi connectivity index (χ3v) is 1.74. The summed E-state index contributed by atoms with van der Waals surface area (Å²) in [5, 5.41) is 3.00. The van der Waals surface area contributed by atoms with Crippen molar-refractivity contribution in [2.75, 3.05) is 6.54 Å². The Hall–Kier alpha value is -0.0900. The van der Waals surface area contributed by atoms with Crippen molar-refractivity contribution in [2.24, 2.45) is 0 Å². The van der Waals surface area contributed by atoms with Crippen LogP contribution in [0.3, 0.4) is 0 Å². The molecule has 4 heteroatoms. The van der Waals surface area contributed by atoms with Crippen LogP contribution >= 0.6 is 16.3 Å². The average Bonchev–Trinajstić information content (AvgIpc) is 2.37. The first kappa shape index (κ1) is 7.02. The minimum Gasteiger partial charge on any atom is -0.382 e. The Bertz CT molecular complexity index is 112. The van der Waals surface area contributed by atoms with E-state index >= 15 is 0 Å². The summed E-state index contributed by atoms with van der Waals surface area (Å²) in [7, 11) is 0. The molecule has 1 aliphatic rings. The first-order chi connectivity index (χ1) is 4.34. The molecule has 1 atom stereocenters. The van der Waals surface area contributed by atoms with Gasteiger partial charge in [0, 0.05) is 0 Å². The van der Waals surface area contributed by atoms with E-state index in [4.69, 9.17) is 0 Å². The van der Waals surface area contributed by atoms with Crippen LogP contribution in [-0.4, -0.2) is 18.6 Å². The zero-order valence-electron chi connectivity index (χ0n) is 4.89. The standard InChI is InChI=1S/C5H8BrNO2/c6-9-5(8)4-2-1-3-7-4/h4,7H,1-3H2/t4-/m0/s1. The third-order valence-electron chi connectivity index (χ3n) is 1.42. The maximum Gasteiger partial charge on any atom is 0.334 e. The molecule has 52 valence electrons. The van der Waals surface area contributed by atoms with Crippen molar-refractivity contribution in [3.8, 4) is 0 Å². The van der Waals surface area contributed by atoms with E-state index in [1.807, 2.05) is 0 Å².